The van der Waals surface area contributed by atoms with Gasteiger partial charge in [0.25, 0.3) is 0 Å². The summed E-state index contributed by atoms with van der Waals surface area (Å²) >= 11 is 0. The van der Waals surface area contributed by atoms with E-state index in [4.69, 9.17) is 0 Å². The number of nitrogens with zero attached hydrogens (tertiary/aromatic N) is 1. The number of benzene rings is 1. The normalized spacial score (nSPS) is 14.0. The van der Waals surface area contributed by atoms with Gasteiger partial charge in [-0.25, -0.2) is 0 Å². The molecule has 0 saturated carbocycles. The fraction of sp³-hybridized carbons (Fsp3) is 0.350. The van der Waals surface area contributed by atoms with Crippen LogP contribution >= 0.6 is 0 Å². The van der Waals surface area contributed by atoms with Crippen LogP contribution in [0.15, 0.2) is 62.2 Å². The van der Waals surface area contributed by atoms with Crippen LogP contribution in [0.3, 0.4) is 0 Å². The largest absolute Gasteiger partial charge is 0.461 e. The predicted molar refractivity (Wildman–Crippen MR) is 107 cm³/mol. The quantitative estimate of drug-likeness (QED) is 0.266. The molecule has 160 valence electrons. The van der Waals surface area contributed by atoms with Gasteiger partial charge in [-0.2, -0.15) is 17.6 Å². The number of allylic oxidation sites excluding steroid dienone is 3. The van der Waals surface area contributed by atoms with Crippen LogP contribution in [0.1, 0.15) is 6.92 Å². The van der Waals surface area contributed by atoms with E-state index < -0.39 is 26.0 Å². The fourth-order valence-corrected chi connectivity index (χ4v) is 7.02. The molecule has 1 unspecified atom stereocenters. The third kappa shape index (κ3) is 5.02. The second-order valence-corrected chi connectivity index (χ2v) is 10.9. The molecule has 0 aliphatic rings. The van der Waals surface area contributed by atoms with Crippen molar-refractivity contribution < 1.29 is 31.8 Å². The van der Waals surface area contributed by atoms with E-state index in [9.17, 15) is 26.9 Å². The third-order valence-electron chi connectivity index (χ3n) is 4.68. The van der Waals surface area contributed by atoms with Crippen molar-refractivity contribution in [3.63, 3.8) is 0 Å². The summed E-state index contributed by atoms with van der Waals surface area (Å²) in [5.74, 6) is -7.27. The molecule has 0 heterocycles. The lowest BCUT2D eigenvalue weighted by Gasteiger charge is -2.32. The number of amides is 1. The van der Waals surface area contributed by atoms with Crippen molar-refractivity contribution in [1.29, 1.82) is 0 Å². The van der Waals surface area contributed by atoms with Gasteiger partial charge < -0.3 is 4.90 Å². The molecular weight excluding hydrogens is 409 g/mol. The number of hydrogen-bond donors (Lipinski definition) is 0. The van der Waals surface area contributed by atoms with Gasteiger partial charge in [-0.3, -0.25) is 4.79 Å². The summed E-state index contributed by atoms with van der Waals surface area (Å²) in [7, 11) is -2.30. The van der Waals surface area contributed by atoms with Gasteiger partial charge in [0.2, 0.25) is 0 Å². The lowest BCUT2D eigenvalue weighted by molar-refractivity contribution is -0.380. The molecule has 0 aliphatic heterocycles. The van der Waals surface area contributed by atoms with Crippen LogP contribution in [0.25, 0.3) is 0 Å². The van der Waals surface area contributed by atoms with Crippen molar-refractivity contribution in [3.05, 3.63) is 62.2 Å². The minimum Gasteiger partial charge on any atom is -0.307 e. The van der Waals surface area contributed by atoms with Crippen LogP contribution in [-0.2, 0) is 9.74 Å². The molecular formula is C20H24F5NO2Si. The van der Waals surface area contributed by atoms with E-state index in [0.717, 1.165) is 5.19 Å². The summed E-state index contributed by atoms with van der Waals surface area (Å²) < 4.78 is 65.4. The zero-order valence-electron chi connectivity index (χ0n) is 16.1. The Morgan fingerprint density at radius 2 is 1.62 bits per heavy atom. The van der Waals surface area contributed by atoms with Crippen LogP contribution in [-0.4, -0.2) is 32.6 Å². The fourth-order valence-electron chi connectivity index (χ4n) is 3.25. The van der Waals surface area contributed by atoms with Crippen LogP contribution in [0.2, 0.25) is 18.1 Å². The number of anilines is 1. The molecule has 1 rings (SSSR count). The summed E-state index contributed by atoms with van der Waals surface area (Å²) in [6.45, 7) is 12.4. The number of alkyl halides is 4. The van der Waals surface area contributed by atoms with Crippen molar-refractivity contribution in [2.45, 2.75) is 37.1 Å². The van der Waals surface area contributed by atoms with E-state index >= 15 is 0 Å². The molecule has 0 bridgehead atoms. The number of carbonyl (C=O) groups is 1. The zero-order valence-corrected chi connectivity index (χ0v) is 17.1. The molecule has 3 nitrogen and oxygen atoms in total. The molecule has 1 atom stereocenters. The van der Waals surface area contributed by atoms with Crippen LogP contribution < -0.4 is 10.1 Å². The average Bonchev–Trinajstić information content (AvgIpc) is 2.67. The number of likely N-dealkylation sites (N-methyl/N-ethyl adjacent to an activating group) is 1. The minimum atomic E-state index is -5.88. The van der Waals surface area contributed by atoms with E-state index in [1.165, 1.54) is 19.1 Å². The van der Waals surface area contributed by atoms with Gasteiger partial charge in [0, 0.05) is 12.2 Å². The van der Waals surface area contributed by atoms with Crippen LogP contribution in [0.5, 0.6) is 0 Å². The van der Waals surface area contributed by atoms with E-state index in [1.54, 1.807) is 30.4 Å². The van der Waals surface area contributed by atoms with Gasteiger partial charge in [-0.15, -0.1) is 24.7 Å². The summed E-state index contributed by atoms with van der Waals surface area (Å²) in [6, 6.07) is 8.14. The SMILES string of the molecule is C=CC[Si](CC=C)(CC=C)c1cccc(N(CC)C(=O)C(F)(OF)C(F)(F)F)c1. The first kappa shape index (κ1) is 24.8. The second kappa shape index (κ2) is 9.97. The zero-order chi connectivity index (χ0) is 22.3. The molecule has 0 saturated heterocycles. The average molecular weight is 433 g/mol. The maximum atomic E-state index is 14.1. The maximum Gasteiger partial charge on any atom is 0.461 e. The summed E-state index contributed by atoms with van der Waals surface area (Å²) in [5, 5.41) is 0.804. The maximum absolute atomic E-state index is 14.1. The number of rotatable bonds is 11. The summed E-state index contributed by atoms with van der Waals surface area (Å²) in [5.41, 5.74) is 0.00684. The lowest BCUT2D eigenvalue weighted by atomic mass is 10.2. The Hall–Kier alpha value is -2.26. The first-order valence-electron chi connectivity index (χ1n) is 8.87. The van der Waals surface area contributed by atoms with Gasteiger partial charge in [0.15, 0.2) is 0 Å². The molecule has 1 aromatic carbocycles. The molecule has 0 fully saturated rings. The molecule has 1 aromatic rings. The van der Waals surface area contributed by atoms with Gasteiger partial charge in [-0.1, -0.05) is 35.5 Å². The number of hydrogen-bond acceptors (Lipinski definition) is 2. The Balaban J connectivity index is 3.51. The van der Waals surface area contributed by atoms with Gasteiger partial charge >= 0.3 is 17.9 Å². The summed E-state index contributed by atoms with van der Waals surface area (Å²) in [6.07, 6.45) is -0.623. The van der Waals surface area contributed by atoms with Crippen molar-refractivity contribution in [3.8, 4) is 0 Å². The second-order valence-electron chi connectivity index (χ2n) is 6.53. The Morgan fingerprint density at radius 1 is 1.10 bits per heavy atom. The molecule has 9 heteroatoms. The Kier molecular flexibility index (Phi) is 8.52. The Labute approximate surface area is 168 Å². The highest BCUT2D eigenvalue weighted by Crippen LogP contribution is 2.38. The Bertz CT molecular complexity index is 726. The van der Waals surface area contributed by atoms with Crippen LogP contribution in [0, 0.1) is 0 Å². The molecule has 0 radical (unpaired) electrons. The first-order valence-corrected chi connectivity index (χ1v) is 11.5. The topological polar surface area (TPSA) is 29.5 Å². The van der Waals surface area contributed by atoms with Gasteiger partial charge in [0.05, 0.1) is 8.07 Å². The van der Waals surface area contributed by atoms with Crippen LogP contribution in [0.4, 0.5) is 27.8 Å². The Morgan fingerprint density at radius 3 is 2.00 bits per heavy atom. The van der Waals surface area contributed by atoms with E-state index in [0.29, 0.717) is 23.0 Å². The van der Waals surface area contributed by atoms with E-state index in [1.807, 2.05) is 0 Å². The molecule has 1 amide bonds. The highest BCUT2D eigenvalue weighted by Gasteiger charge is 2.66. The minimum absolute atomic E-state index is 0.00684. The number of carbonyl (C=O) groups excluding carboxylic acids is 1. The van der Waals surface area contributed by atoms with Crippen molar-refractivity contribution in [1.82, 2.24) is 0 Å². The van der Waals surface area contributed by atoms with Crippen molar-refractivity contribution in [2.24, 2.45) is 0 Å². The lowest BCUT2D eigenvalue weighted by Crippen LogP contribution is -2.56. The number of halogens is 5. The predicted octanol–water partition coefficient (Wildman–Crippen LogP) is 5.38. The smallest absolute Gasteiger partial charge is 0.307 e. The standard InChI is InChI=1S/C20H24F5NO2Si/c1-5-12-29(13-6-2,14-7-3)17-11-9-10-16(15-17)26(8-4)18(27)19(21,28-25)20(22,23)24/h5-7,9-11,15H,1-3,8,12-14H2,4H3. The van der Waals surface area contributed by atoms with Crippen molar-refractivity contribution >= 4 is 24.9 Å². The monoisotopic (exact) mass is 433 g/mol. The molecule has 0 N–H and O–H groups in total. The van der Waals surface area contributed by atoms with E-state index in [2.05, 4.69) is 24.7 Å². The van der Waals surface area contributed by atoms with Gasteiger partial charge in [-0.05, 0) is 41.7 Å². The highest BCUT2D eigenvalue weighted by molar-refractivity contribution is 6.92. The first-order chi connectivity index (χ1) is 13.6. The molecule has 0 spiro atoms. The molecule has 29 heavy (non-hydrogen) atoms. The summed E-state index contributed by atoms with van der Waals surface area (Å²) in [4.78, 5) is 15.2. The molecule has 0 aliphatic carbocycles. The van der Waals surface area contributed by atoms with E-state index in [-0.39, 0.29) is 12.2 Å². The van der Waals surface area contributed by atoms with Crippen molar-refractivity contribution in [2.75, 3.05) is 11.4 Å². The van der Waals surface area contributed by atoms with Gasteiger partial charge in [0.1, 0.15) is 0 Å². The third-order valence-corrected chi connectivity index (χ3v) is 9.43. The molecule has 0 aromatic heterocycles. The highest BCUT2D eigenvalue weighted by atomic mass is 28.3.